The summed E-state index contributed by atoms with van der Waals surface area (Å²) >= 11 is 0. The van der Waals surface area contributed by atoms with Gasteiger partial charge in [-0.1, -0.05) is 11.2 Å². The van der Waals surface area contributed by atoms with Crippen LogP contribution in [0.25, 0.3) is 11.0 Å². The number of halogens is 3. The molecule has 1 aliphatic heterocycles. The summed E-state index contributed by atoms with van der Waals surface area (Å²) in [6.45, 7) is 9.63. The molecule has 1 aliphatic carbocycles. The number of benzene rings is 1. The number of ether oxygens (including phenoxy) is 1. The van der Waals surface area contributed by atoms with E-state index in [-0.39, 0.29) is 40.3 Å². The van der Waals surface area contributed by atoms with Crippen molar-refractivity contribution in [1.82, 2.24) is 15.4 Å². The molecule has 1 aromatic carbocycles. The number of hydrogen-bond acceptors (Lipinski definition) is 5. The Kier molecular flexibility index (Phi) is 4.98. The molecule has 0 bridgehead atoms. The first-order valence-corrected chi connectivity index (χ1v) is 10.4. The monoisotopic (exact) mass is 453 g/mol. The molecular formula is C22H26F3N3O4. The van der Waals surface area contributed by atoms with Crippen molar-refractivity contribution in [3.05, 3.63) is 29.5 Å². The summed E-state index contributed by atoms with van der Waals surface area (Å²) in [6, 6.07) is 3.72. The van der Waals surface area contributed by atoms with E-state index >= 15 is 0 Å². The molecule has 1 saturated heterocycles. The highest BCUT2D eigenvalue weighted by Gasteiger charge is 2.61. The summed E-state index contributed by atoms with van der Waals surface area (Å²) < 4.78 is 50.2. The van der Waals surface area contributed by atoms with Crippen molar-refractivity contribution in [3.8, 4) is 0 Å². The number of carbonyl (C=O) groups excluding carboxylic acids is 2. The van der Waals surface area contributed by atoms with E-state index in [1.165, 1.54) is 12.1 Å². The average molecular weight is 453 g/mol. The maximum absolute atomic E-state index is 13.3. The van der Waals surface area contributed by atoms with Gasteiger partial charge in [0.1, 0.15) is 16.9 Å². The fourth-order valence-electron chi connectivity index (χ4n) is 4.48. The summed E-state index contributed by atoms with van der Waals surface area (Å²) in [6.07, 6.45) is -4.96. The first-order chi connectivity index (χ1) is 14.7. The van der Waals surface area contributed by atoms with E-state index in [0.717, 1.165) is 6.07 Å². The Labute approximate surface area is 183 Å². The lowest BCUT2D eigenvalue weighted by atomic mass is 9.95. The standard InChI is InChI=1S/C22H26F3N3O4/c1-20(2,3)31-19(30)28-9-12-13(10-28)15(12)18(29)26-21(4,5)17-11-7-6-8-14(22(23,24)25)16(11)32-27-17/h6-8,12-13,15H,9-10H2,1-5H3,(H,26,29). The van der Waals surface area contributed by atoms with E-state index in [2.05, 4.69) is 10.5 Å². The van der Waals surface area contributed by atoms with Gasteiger partial charge in [-0.25, -0.2) is 4.79 Å². The van der Waals surface area contributed by atoms with Crippen LogP contribution in [0.5, 0.6) is 0 Å². The number of likely N-dealkylation sites (tertiary alicyclic amines) is 1. The van der Waals surface area contributed by atoms with Crippen LogP contribution in [0.2, 0.25) is 0 Å². The number of rotatable bonds is 3. The summed E-state index contributed by atoms with van der Waals surface area (Å²) in [5, 5.41) is 6.97. The molecule has 2 aromatic rings. The highest BCUT2D eigenvalue weighted by molar-refractivity contribution is 5.87. The van der Waals surface area contributed by atoms with Gasteiger partial charge in [-0.05, 0) is 58.6 Å². The van der Waals surface area contributed by atoms with Gasteiger partial charge in [0.2, 0.25) is 5.91 Å². The lowest BCUT2D eigenvalue weighted by Crippen LogP contribution is -2.44. The number of amides is 2. The van der Waals surface area contributed by atoms with Crippen molar-refractivity contribution in [2.75, 3.05) is 13.1 Å². The zero-order valence-electron chi connectivity index (χ0n) is 18.5. The largest absolute Gasteiger partial charge is 0.444 e. The molecule has 2 heterocycles. The predicted octanol–water partition coefficient (Wildman–Crippen LogP) is 4.31. The Hall–Kier alpha value is -2.78. The molecule has 174 valence electrons. The lowest BCUT2D eigenvalue weighted by molar-refractivity contribution is -0.137. The van der Waals surface area contributed by atoms with Gasteiger partial charge in [-0.15, -0.1) is 0 Å². The van der Waals surface area contributed by atoms with Crippen LogP contribution in [-0.4, -0.2) is 40.7 Å². The molecule has 2 atom stereocenters. The van der Waals surface area contributed by atoms with E-state index in [1.54, 1.807) is 39.5 Å². The van der Waals surface area contributed by atoms with Crippen LogP contribution in [0, 0.1) is 17.8 Å². The van der Waals surface area contributed by atoms with Crippen LogP contribution in [-0.2, 0) is 21.2 Å². The number of fused-ring (bicyclic) bond motifs is 2. The average Bonchev–Trinajstić information content (AvgIpc) is 3.00. The van der Waals surface area contributed by atoms with Gasteiger partial charge in [0, 0.05) is 24.4 Å². The minimum atomic E-state index is -4.57. The summed E-state index contributed by atoms with van der Waals surface area (Å²) in [4.78, 5) is 26.7. The molecule has 1 saturated carbocycles. The first-order valence-electron chi connectivity index (χ1n) is 10.4. The predicted molar refractivity (Wildman–Crippen MR) is 108 cm³/mol. The van der Waals surface area contributed by atoms with Crippen molar-refractivity contribution >= 4 is 23.0 Å². The number of para-hydroxylation sites is 1. The smallest absolute Gasteiger partial charge is 0.420 e. The van der Waals surface area contributed by atoms with Crippen LogP contribution in [0.3, 0.4) is 0 Å². The molecule has 0 radical (unpaired) electrons. The van der Waals surface area contributed by atoms with Crippen LogP contribution < -0.4 is 5.32 Å². The Morgan fingerprint density at radius 2 is 1.75 bits per heavy atom. The van der Waals surface area contributed by atoms with Gasteiger partial charge in [-0.2, -0.15) is 13.2 Å². The van der Waals surface area contributed by atoms with Crippen molar-refractivity contribution < 1.29 is 32.0 Å². The molecule has 2 aliphatic rings. The maximum Gasteiger partial charge on any atom is 0.420 e. The number of carbonyl (C=O) groups is 2. The second-order valence-electron chi connectivity index (χ2n) is 10.1. The zero-order valence-corrected chi connectivity index (χ0v) is 18.5. The van der Waals surface area contributed by atoms with Crippen molar-refractivity contribution in [3.63, 3.8) is 0 Å². The molecule has 2 fully saturated rings. The number of nitrogens with zero attached hydrogens (tertiary/aromatic N) is 2. The first kappa shape index (κ1) is 22.4. The highest BCUT2D eigenvalue weighted by Crippen LogP contribution is 2.52. The summed E-state index contributed by atoms with van der Waals surface area (Å²) in [5.74, 6) is -0.373. The van der Waals surface area contributed by atoms with Gasteiger partial charge >= 0.3 is 12.3 Å². The van der Waals surface area contributed by atoms with Crippen LogP contribution in [0.15, 0.2) is 22.7 Å². The van der Waals surface area contributed by atoms with Gasteiger partial charge in [0.25, 0.3) is 0 Å². The van der Waals surface area contributed by atoms with Crippen LogP contribution in [0.4, 0.5) is 18.0 Å². The molecule has 2 unspecified atom stereocenters. The Balaban J connectivity index is 1.44. The second-order valence-corrected chi connectivity index (χ2v) is 10.1. The Bertz CT molecular complexity index is 1060. The van der Waals surface area contributed by atoms with Gasteiger partial charge in [-0.3, -0.25) is 4.79 Å². The zero-order chi connectivity index (χ0) is 23.6. The van der Waals surface area contributed by atoms with E-state index in [9.17, 15) is 22.8 Å². The summed E-state index contributed by atoms with van der Waals surface area (Å²) in [5.41, 5.74) is -2.66. The van der Waals surface area contributed by atoms with Gasteiger partial charge in [0.05, 0.1) is 5.54 Å². The maximum atomic E-state index is 13.3. The Morgan fingerprint density at radius 1 is 1.12 bits per heavy atom. The SMILES string of the molecule is CC(C)(C)OC(=O)N1CC2C(C1)C2C(=O)NC(C)(C)c1noc2c(C(F)(F)F)cccc12. The van der Waals surface area contributed by atoms with E-state index in [4.69, 9.17) is 9.26 Å². The van der Waals surface area contributed by atoms with E-state index in [1.807, 2.05) is 0 Å². The number of alkyl halides is 3. The number of piperidine rings is 1. The molecule has 4 rings (SSSR count). The minimum Gasteiger partial charge on any atom is -0.444 e. The van der Waals surface area contributed by atoms with Crippen LogP contribution in [0.1, 0.15) is 45.9 Å². The van der Waals surface area contributed by atoms with Crippen molar-refractivity contribution in [2.24, 2.45) is 17.8 Å². The van der Waals surface area contributed by atoms with Crippen molar-refractivity contribution in [1.29, 1.82) is 0 Å². The van der Waals surface area contributed by atoms with E-state index < -0.39 is 29.0 Å². The molecule has 32 heavy (non-hydrogen) atoms. The number of nitrogens with one attached hydrogen (secondary N) is 1. The normalized spacial score (nSPS) is 23.2. The molecule has 1 N–H and O–H groups in total. The third-order valence-corrected chi connectivity index (χ3v) is 5.98. The topological polar surface area (TPSA) is 84.7 Å². The third-order valence-electron chi connectivity index (χ3n) is 5.98. The van der Waals surface area contributed by atoms with E-state index in [0.29, 0.717) is 13.1 Å². The third kappa shape index (κ3) is 4.02. The quantitative estimate of drug-likeness (QED) is 0.749. The van der Waals surface area contributed by atoms with Gasteiger partial charge < -0.3 is 19.5 Å². The van der Waals surface area contributed by atoms with Crippen molar-refractivity contribution in [2.45, 2.75) is 51.9 Å². The molecule has 10 heteroatoms. The number of aromatic nitrogens is 1. The molecule has 2 amide bonds. The lowest BCUT2D eigenvalue weighted by Gasteiger charge is -2.27. The molecule has 7 nitrogen and oxygen atoms in total. The molecular weight excluding hydrogens is 427 g/mol. The van der Waals surface area contributed by atoms with Crippen LogP contribution >= 0.6 is 0 Å². The fourth-order valence-corrected chi connectivity index (χ4v) is 4.48. The fraction of sp³-hybridized carbons (Fsp3) is 0.591. The Morgan fingerprint density at radius 3 is 2.31 bits per heavy atom. The molecule has 0 spiro atoms. The number of hydrogen-bond donors (Lipinski definition) is 1. The van der Waals surface area contributed by atoms with Gasteiger partial charge in [0.15, 0.2) is 5.58 Å². The minimum absolute atomic E-state index is 0.0456. The summed E-state index contributed by atoms with van der Waals surface area (Å²) in [7, 11) is 0. The molecule has 1 aromatic heterocycles. The highest BCUT2D eigenvalue weighted by atomic mass is 19.4. The second kappa shape index (κ2) is 7.11.